The van der Waals surface area contributed by atoms with Crippen LogP contribution in [0.25, 0.3) is 0 Å². The van der Waals surface area contributed by atoms with Gasteiger partial charge in [0.15, 0.2) is 0 Å². The van der Waals surface area contributed by atoms with Crippen molar-refractivity contribution in [3.63, 3.8) is 0 Å². The van der Waals surface area contributed by atoms with Crippen molar-refractivity contribution in [2.24, 2.45) is 11.8 Å². The molecule has 4 nitrogen and oxygen atoms in total. The molecule has 1 saturated heterocycles. The van der Waals surface area contributed by atoms with Gasteiger partial charge in [0.2, 0.25) is 5.91 Å². The minimum absolute atomic E-state index is 0.00431. The van der Waals surface area contributed by atoms with Crippen LogP contribution in [0, 0.1) is 11.8 Å². The van der Waals surface area contributed by atoms with Crippen molar-refractivity contribution in [3.8, 4) is 0 Å². The van der Waals surface area contributed by atoms with Gasteiger partial charge in [-0.15, -0.1) is 11.8 Å². The van der Waals surface area contributed by atoms with Gasteiger partial charge < -0.3 is 9.64 Å². The molecule has 1 aliphatic rings. The highest BCUT2D eigenvalue weighted by Crippen LogP contribution is 2.42. The molecule has 1 aromatic carbocycles. The van der Waals surface area contributed by atoms with Gasteiger partial charge in [0.25, 0.3) is 0 Å². The second-order valence-corrected chi connectivity index (χ2v) is 7.65. The Hall–Kier alpha value is -1.49. The average molecular weight is 335 g/mol. The monoisotopic (exact) mass is 335 g/mol. The van der Waals surface area contributed by atoms with Crippen LogP contribution >= 0.6 is 11.8 Å². The van der Waals surface area contributed by atoms with Gasteiger partial charge in [0, 0.05) is 11.7 Å². The Morgan fingerprint density at radius 3 is 2.43 bits per heavy atom. The summed E-state index contributed by atoms with van der Waals surface area (Å²) in [4.78, 5) is 26.8. The lowest BCUT2D eigenvalue weighted by Crippen LogP contribution is -2.45. The Kier molecular flexibility index (Phi) is 6.10. The number of benzene rings is 1. The Labute approximate surface area is 142 Å². The first-order valence-electron chi connectivity index (χ1n) is 8.07. The van der Waals surface area contributed by atoms with E-state index in [0.717, 1.165) is 5.56 Å². The number of rotatable bonds is 5. The third kappa shape index (κ3) is 4.28. The minimum atomic E-state index is -0.501. The van der Waals surface area contributed by atoms with E-state index in [2.05, 4.69) is 0 Å². The van der Waals surface area contributed by atoms with Crippen LogP contribution < -0.4 is 0 Å². The molecule has 126 valence electrons. The van der Waals surface area contributed by atoms with Crippen molar-refractivity contribution in [3.05, 3.63) is 35.9 Å². The van der Waals surface area contributed by atoms with Gasteiger partial charge in [-0.3, -0.25) is 4.79 Å². The van der Waals surface area contributed by atoms with Crippen molar-refractivity contribution >= 4 is 23.6 Å². The zero-order chi connectivity index (χ0) is 17.0. The SMILES string of the molecule is CC(C)COC(=O)[C@H]1CS[C@H](c2ccccc2)N1C(=O)C(C)C. The lowest BCUT2D eigenvalue weighted by molar-refractivity contribution is -0.156. The van der Waals surface area contributed by atoms with E-state index in [1.807, 2.05) is 58.0 Å². The summed E-state index contributed by atoms with van der Waals surface area (Å²) in [5, 5.41) is -0.123. The van der Waals surface area contributed by atoms with Gasteiger partial charge in [-0.05, 0) is 11.5 Å². The molecular weight excluding hydrogens is 310 g/mol. The second kappa shape index (κ2) is 7.86. The number of hydrogen-bond donors (Lipinski definition) is 0. The number of carbonyl (C=O) groups excluding carboxylic acids is 2. The highest BCUT2D eigenvalue weighted by Gasteiger charge is 2.43. The van der Waals surface area contributed by atoms with E-state index in [1.165, 1.54) is 0 Å². The predicted molar refractivity (Wildman–Crippen MR) is 92.9 cm³/mol. The summed E-state index contributed by atoms with van der Waals surface area (Å²) < 4.78 is 5.39. The van der Waals surface area contributed by atoms with E-state index in [4.69, 9.17) is 4.74 Å². The summed E-state index contributed by atoms with van der Waals surface area (Å²) >= 11 is 1.62. The predicted octanol–water partition coefficient (Wildman–Crippen LogP) is 3.48. The molecule has 0 spiro atoms. The van der Waals surface area contributed by atoms with E-state index in [0.29, 0.717) is 12.4 Å². The van der Waals surface area contributed by atoms with Crippen LogP contribution in [0.3, 0.4) is 0 Å². The molecule has 1 heterocycles. The van der Waals surface area contributed by atoms with Crippen molar-refractivity contribution in [2.75, 3.05) is 12.4 Å². The zero-order valence-electron chi connectivity index (χ0n) is 14.2. The van der Waals surface area contributed by atoms with E-state index in [-0.39, 0.29) is 29.1 Å². The second-order valence-electron chi connectivity index (χ2n) is 6.54. The molecule has 5 heteroatoms. The number of hydrogen-bond acceptors (Lipinski definition) is 4. The van der Waals surface area contributed by atoms with Gasteiger partial charge in [0.05, 0.1) is 6.61 Å². The van der Waals surface area contributed by atoms with E-state index in [1.54, 1.807) is 16.7 Å². The summed E-state index contributed by atoms with van der Waals surface area (Å²) in [5.41, 5.74) is 1.05. The number of ether oxygens (including phenoxy) is 1. The normalized spacial score (nSPS) is 21.0. The first-order valence-corrected chi connectivity index (χ1v) is 9.12. The molecule has 0 aliphatic carbocycles. The Morgan fingerprint density at radius 2 is 1.87 bits per heavy atom. The van der Waals surface area contributed by atoms with Crippen molar-refractivity contribution in [2.45, 2.75) is 39.1 Å². The van der Waals surface area contributed by atoms with Crippen molar-refractivity contribution in [1.29, 1.82) is 0 Å². The lowest BCUT2D eigenvalue weighted by atomic mass is 10.1. The molecule has 0 bridgehead atoms. The van der Waals surface area contributed by atoms with Gasteiger partial charge in [-0.25, -0.2) is 4.79 Å². The van der Waals surface area contributed by atoms with Crippen LogP contribution in [0.2, 0.25) is 0 Å². The fourth-order valence-corrected chi connectivity index (χ4v) is 3.90. The zero-order valence-corrected chi connectivity index (χ0v) is 15.0. The maximum atomic E-state index is 12.7. The Bertz CT molecular complexity index is 544. The molecule has 1 aromatic rings. The van der Waals surface area contributed by atoms with E-state index in [9.17, 15) is 9.59 Å². The third-order valence-corrected chi connectivity index (χ3v) is 4.99. The summed E-state index contributed by atoms with van der Waals surface area (Å²) in [6, 6.07) is 9.36. The molecule has 1 fully saturated rings. The Morgan fingerprint density at radius 1 is 1.22 bits per heavy atom. The summed E-state index contributed by atoms with van der Waals surface area (Å²) in [7, 11) is 0. The van der Waals surface area contributed by atoms with Crippen LogP contribution in [-0.2, 0) is 14.3 Å². The molecule has 0 unspecified atom stereocenters. The molecule has 0 radical (unpaired) electrons. The Balaban J connectivity index is 2.22. The largest absolute Gasteiger partial charge is 0.464 e. The quantitative estimate of drug-likeness (QED) is 0.773. The number of amides is 1. The topological polar surface area (TPSA) is 46.6 Å². The smallest absolute Gasteiger partial charge is 0.329 e. The molecular formula is C18H25NO3S. The summed E-state index contributed by atoms with van der Waals surface area (Å²) in [5.74, 6) is 0.413. The van der Waals surface area contributed by atoms with Crippen LogP contribution in [0.1, 0.15) is 38.6 Å². The van der Waals surface area contributed by atoms with Crippen molar-refractivity contribution < 1.29 is 14.3 Å². The number of carbonyl (C=O) groups is 2. The highest BCUT2D eigenvalue weighted by molar-refractivity contribution is 7.99. The third-order valence-electron chi connectivity index (χ3n) is 3.66. The van der Waals surface area contributed by atoms with E-state index < -0.39 is 6.04 Å². The number of nitrogens with zero attached hydrogens (tertiary/aromatic N) is 1. The molecule has 0 aromatic heterocycles. The highest BCUT2D eigenvalue weighted by atomic mass is 32.2. The molecule has 2 atom stereocenters. The van der Waals surface area contributed by atoms with Crippen LogP contribution in [0.4, 0.5) is 0 Å². The first kappa shape index (κ1) is 17.9. The molecule has 0 N–H and O–H groups in total. The van der Waals surface area contributed by atoms with Crippen LogP contribution in [0.5, 0.6) is 0 Å². The maximum Gasteiger partial charge on any atom is 0.329 e. The van der Waals surface area contributed by atoms with Crippen LogP contribution in [-0.4, -0.2) is 35.2 Å². The summed E-state index contributed by atoms with van der Waals surface area (Å²) in [6.45, 7) is 8.12. The summed E-state index contributed by atoms with van der Waals surface area (Å²) in [6.07, 6.45) is 0. The number of esters is 1. The minimum Gasteiger partial charge on any atom is -0.464 e. The number of thioether (sulfide) groups is 1. The van der Waals surface area contributed by atoms with Crippen molar-refractivity contribution in [1.82, 2.24) is 4.90 Å². The fourth-order valence-electron chi connectivity index (χ4n) is 2.47. The molecule has 2 rings (SSSR count). The molecule has 23 heavy (non-hydrogen) atoms. The van der Waals surface area contributed by atoms with Gasteiger partial charge in [0.1, 0.15) is 11.4 Å². The average Bonchev–Trinajstić information content (AvgIpc) is 2.97. The van der Waals surface area contributed by atoms with Gasteiger partial charge in [-0.2, -0.15) is 0 Å². The standard InChI is InChI=1S/C18H25NO3S/c1-12(2)10-22-18(21)15-11-23-17(14-8-6-5-7-9-14)19(15)16(20)13(3)4/h5-9,12-13,15,17H,10-11H2,1-4H3/t15-,17-/m1/s1. The lowest BCUT2D eigenvalue weighted by Gasteiger charge is -2.30. The first-order chi connectivity index (χ1) is 10.9. The van der Waals surface area contributed by atoms with Gasteiger partial charge >= 0.3 is 5.97 Å². The molecule has 1 amide bonds. The molecule has 0 saturated carbocycles. The molecule has 1 aliphatic heterocycles. The van der Waals surface area contributed by atoms with Gasteiger partial charge in [-0.1, -0.05) is 58.0 Å². The maximum absolute atomic E-state index is 12.7. The fraction of sp³-hybridized carbons (Fsp3) is 0.556. The van der Waals surface area contributed by atoms with Crippen LogP contribution in [0.15, 0.2) is 30.3 Å². The van der Waals surface area contributed by atoms with E-state index >= 15 is 0 Å².